The first-order valence-corrected chi connectivity index (χ1v) is 6.32. The number of hydrogen-bond acceptors (Lipinski definition) is 3. The highest BCUT2D eigenvalue weighted by Crippen LogP contribution is 2.40. The molecule has 1 aromatic rings. The van der Waals surface area contributed by atoms with Gasteiger partial charge in [-0.3, -0.25) is 4.79 Å². The molecule has 9 heteroatoms. The van der Waals surface area contributed by atoms with Crippen LogP contribution in [0.1, 0.15) is 15.9 Å². The molecule has 19 heavy (non-hydrogen) atoms. The number of ketones is 1. The molecule has 1 aliphatic carbocycles. The molecule has 0 saturated carbocycles. The first kappa shape index (κ1) is 13.9. The van der Waals surface area contributed by atoms with Gasteiger partial charge in [0.05, 0.1) is 4.90 Å². The Labute approximate surface area is 103 Å². The maximum absolute atomic E-state index is 13.2. The molecule has 0 amide bonds. The average Bonchev–Trinajstić information content (AvgIpc) is 2.48. The van der Waals surface area contributed by atoms with Crippen molar-refractivity contribution in [1.82, 2.24) is 0 Å². The van der Waals surface area contributed by atoms with Crippen LogP contribution in [0, 0.1) is 0 Å². The SMILES string of the molecule is O=C1c2c(cccc2S(=O)(=O)C(F)(F)F)CC1(F)F. The van der Waals surface area contributed by atoms with Gasteiger partial charge in [0.25, 0.3) is 9.84 Å². The van der Waals surface area contributed by atoms with E-state index in [1.54, 1.807) is 0 Å². The predicted molar refractivity (Wildman–Crippen MR) is 52.7 cm³/mol. The van der Waals surface area contributed by atoms with Gasteiger partial charge in [-0.15, -0.1) is 0 Å². The summed E-state index contributed by atoms with van der Waals surface area (Å²) in [5, 5.41) is 0. The molecule has 0 fully saturated rings. The van der Waals surface area contributed by atoms with Gasteiger partial charge in [-0.05, 0) is 11.6 Å². The molecule has 1 aliphatic rings. The fourth-order valence-electron chi connectivity index (χ4n) is 1.83. The van der Waals surface area contributed by atoms with Gasteiger partial charge in [0.1, 0.15) is 0 Å². The largest absolute Gasteiger partial charge is 0.501 e. The van der Waals surface area contributed by atoms with E-state index in [4.69, 9.17) is 0 Å². The first-order valence-electron chi connectivity index (χ1n) is 4.84. The molecule has 0 spiro atoms. The molecule has 3 nitrogen and oxygen atoms in total. The fourth-order valence-corrected chi connectivity index (χ4v) is 2.83. The lowest BCUT2D eigenvalue weighted by Crippen LogP contribution is -2.28. The molecule has 0 heterocycles. The Morgan fingerprint density at radius 1 is 1.16 bits per heavy atom. The molecule has 1 aromatic carbocycles. The van der Waals surface area contributed by atoms with Crippen molar-refractivity contribution in [3.8, 4) is 0 Å². The van der Waals surface area contributed by atoms with Crippen molar-refractivity contribution in [1.29, 1.82) is 0 Å². The van der Waals surface area contributed by atoms with E-state index in [2.05, 4.69) is 0 Å². The Balaban J connectivity index is 2.74. The van der Waals surface area contributed by atoms with Gasteiger partial charge in [0, 0.05) is 12.0 Å². The van der Waals surface area contributed by atoms with Gasteiger partial charge in [0.15, 0.2) is 0 Å². The van der Waals surface area contributed by atoms with Crippen molar-refractivity contribution in [3.63, 3.8) is 0 Å². The van der Waals surface area contributed by atoms with Crippen LogP contribution in [0.3, 0.4) is 0 Å². The summed E-state index contributed by atoms with van der Waals surface area (Å²) in [6.45, 7) is 0. The van der Waals surface area contributed by atoms with E-state index < -0.39 is 49.5 Å². The molecule has 0 saturated heterocycles. The zero-order valence-corrected chi connectivity index (χ0v) is 9.78. The summed E-state index contributed by atoms with van der Waals surface area (Å²) in [6, 6.07) is 2.40. The van der Waals surface area contributed by atoms with Crippen LogP contribution in [-0.4, -0.2) is 25.6 Å². The summed E-state index contributed by atoms with van der Waals surface area (Å²) < 4.78 is 86.1. The van der Waals surface area contributed by atoms with Gasteiger partial charge in [-0.1, -0.05) is 12.1 Å². The fraction of sp³-hybridized carbons (Fsp3) is 0.300. The summed E-state index contributed by atoms with van der Waals surface area (Å²) >= 11 is 0. The second-order valence-corrected chi connectivity index (χ2v) is 5.86. The smallest absolute Gasteiger partial charge is 0.287 e. The second kappa shape index (κ2) is 3.75. The van der Waals surface area contributed by atoms with Crippen LogP contribution >= 0.6 is 0 Å². The van der Waals surface area contributed by atoms with Crippen LogP contribution in [0.15, 0.2) is 23.1 Å². The van der Waals surface area contributed by atoms with Crippen LogP contribution in [0.2, 0.25) is 0 Å². The van der Waals surface area contributed by atoms with E-state index in [1.165, 1.54) is 0 Å². The molecule has 0 aliphatic heterocycles. The zero-order valence-electron chi connectivity index (χ0n) is 8.96. The molecular formula is C10H5F5O3S. The highest BCUT2D eigenvalue weighted by atomic mass is 32.2. The number of alkyl halides is 5. The number of Topliss-reactive ketones (excluding diaryl/α,β-unsaturated/α-hetero) is 1. The van der Waals surface area contributed by atoms with Gasteiger partial charge in [0.2, 0.25) is 5.78 Å². The van der Waals surface area contributed by atoms with Crippen LogP contribution in [0.25, 0.3) is 0 Å². The molecule has 0 bridgehead atoms. The van der Waals surface area contributed by atoms with E-state index in [0.29, 0.717) is 6.07 Å². The number of carbonyl (C=O) groups excluding carboxylic acids is 1. The number of hydrogen-bond donors (Lipinski definition) is 0. The Bertz CT molecular complexity index is 660. The standard InChI is InChI=1S/C10H5F5O3S/c11-9(12)4-5-2-1-3-6(7(5)8(9)16)19(17,18)10(13,14)15/h1-3H,4H2. The Kier molecular flexibility index (Phi) is 2.74. The average molecular weight is 300 g/mol. The predicted octanol–water partition coefficient (Wildman–Crippen LogP) is 2.35. The maximum atomic E-state index is 13.2. The quantitative estimate of drug-likeness (QED) is 0.748. The molecule has 0 aromatic heterocycles. The van der Waals surface area contributed by atoms with Crippen LogP contribution in [-0.2, 0) is 16.3 Å². The van der Waals surface area contributed by atoms with Crippen LogP contribution in [0.5, 0.6) is 0 Å². The summed E-state index contributed by atoms with van der Waals surface area (Å²) in [7, 11) is -5.84. The van der Waals surface area contributed by atoms with Crippen LogP contribution < -0.4 is 0 Å². The van der Waals surface area contributed by atoms with E-state index in [0.717, 1.165) is 12.1 Å². The van der Waals surface area contributed by atoms with E-state index in [9.17, 15) is 35.2 Å². The second-order valence-electron chi connectivity index (χ2n) is 3.95. The first-order chi connectivity index (χ1) is 8.48. The number of halogens is 5. The molecule has 0 radical (unpaired) electrons. The van der Waals surface area contributed by atoms with Gasteiger partial charge in [-0.2, -0.15) is 22.0 Å². The number of rotatable bonds is 1. The van der Waals surface area contributed by atoms with Crippen molar-refractivity contribution in [2.24, 2.45) is 0 Å². The lowest BCUT2D eigenvalue weighted by Gasteiger charge is -2.11. The lowest BCUT2D eigenvalue weighted by molar-refractivity contribution is -0.0436. The third-order valence-electron chi connectivity index (χ3n) is 2.68. The molecule has 0 atom stereocenters. The monoisotopic (exact) mass is 300 g/mol. The van der Waals surface area contributed by atoms with Crippen molar-refractivity contribution in [3.05, 3.63) is 29.3 Å². The minimum Gasteiger partial charge on any atom is -0.287 e. The van der Waals surface area contributed by atoms with Crippen LogP contribution in [0.4, 0.5) is 22.0 Å². The molecular weight excluding hydrogens is 295 g/mol. The normalized spacial score (nSPS) is 18.5. The zero-order chi connectivity index (χ0) is 14.6. The number of sulfone groups is 1. The molecule has 0 N–H and O–H groups in total. The summed E-state index contributed by atoms with van der Waals surface area (Å²) in [5.74, 6) is -5.77. The Morgan fingerprint density at radius 3 is 2.26 bits per heavy atom. The minimum absolute atomic E-state index is 0.402. The van der Waals surface area contributed by atoms with E-state index in [-0.39, 0.29) is 0 Å². The summed E-state index contributed by atoms with van der Waals surface area (Å²) in [4.78, 5) is 9.91. The Morgan fingerprint density at radius 2 is 1.74 bits per heavy atom. The van der Waals surface area contributed by atoms with Gasteiger partial charge in [-0.25, -0.2) is 8.42 Å². The van der Waals surface area contributed by atoms with Crippen molar-refractivity contribution >= 4 is 15.6 Å². The lowest BCUT2D eigenvalue weighted by atomic mass is 10.1. The highest BCUT2D eigenvalue weighted by Gasteiger charge is 2.54. The minimum atomic E-state index is -5.84. The number of fused-ring (bicyclic) bond motifs is 1. The summed E-state index contributed by atoms with van der Waals surface area (Å²) in [6.07, 6.45) is -1.09. The van der Waals surface area contributed by atoms with Gasteiger partial charge < -0.3 is 0 Å². The van der Waals surface area contributed by atoms with Crippen molar-refractivity contribution in [2.45, 2.75) is 22.7 Å². The van der Waals surface area contributed by atoms with Gasteiger partial charge >= 0.3 is 11.4 Å². The van der Waals surface area contributed by atoms with E-state index >= 15 is 0 Å². The van der Waals surface area contributed by atoms with Crippen molar-refractivity contribution < 1.29 is 35.2 Å². The maximum Gasteiger partial charge on any atom is 0.501 e. The molecule has 0 unspecified atom stereocenters. The Hall–Kier alpha value is -1.51. The molecule has 2 rings (SSSR count). The highest BCUT2D eigenvalue weighted by molar-refractivity contribution is 7.92. The number of benzene rings is 1. The topological polar surface area (TPSA) is 51.2 Å². The molecule has 104 valence electrons. The third-order valence-corrected chi connectivity index (χ3v) is 4.21. The number of carbonyl (C=O) groups is 1. The van der Waals surface area contributed by atoms with Crippen molar-refractivity contribution in [2.75, 3.05) is 0 Å². The van der Waals surface area contributed by atoms with E-state index in [1.807, 2.05) is 0 Å². The third kappa shape index (κ3) is 1.92. The summed E-state index contributed by atoms with van der Waals surface area (Å²) in [5.41, 5.74) is -7.12.